The number of nitrogens with zero attached hydrogens (tertiary/aromatic N) is 1. The second kappa shape index (κ2) is 20.3. The third-order valence-corrected chi connectivity index (χ3v) is 2.41. The molecule has 0 saturated carbocycles. The summed E-state index contributed by atoms with van der Waals surface area (Å²) in [5.41, 5.74) is 0. The molecule has 102 valence electrons. The number of hydrogen-bond donors (Lipinski definition) is 1. The first-order valence-corrected chi connectivity index (χ1v) is 7.20. The highest BCUT2D eigenvalue weighted by Crippen LogP contribution is 2.15. The number of hydrogen-bond acceptors (Lipinski definition) is 2. The molecule has 1 aliphatic rings. The molecular weight excluding hydrogens is 198 g/mol. The summed E-state index contributed by atoms with van der Waals surface area (Å²) in [6.07, 6.45) is 2.37. The first-order chi connectivity index (χ1) is 7.86. The lowest BCUT2D eigenvalue weighted by Crippen LogP contribution is -2.34. The van der Waals surface area contributed by atoms with Crippen LogP contribution in [0, 0.1) is 5.92 Å². The zero-order valence-corrected chi connectivity index (χ0v) is 12.7. The van der Waals surface area contributed by atoms with Crippen molar-refractivity contribution < 1.29 is 5.11 Å². The molecule has 1 heterocycles. The lowest BCUT2D eigenvalue weighted by molar-refractivity contribution is 0.135. The van der Waals surface area contributed by atoms with E-state index in [0.717, 1.165) is 6.54 Å². The van der Waals surface area contributed by atoms with Crippen molar-refractivity contribution in [3.8, 4) is 0 Å². The predicted octanol–water partition coefficient (Wildman–Crippen LogP) is 3.79. The quantitative estimate of drug-likeness (QED) is 0.784. The predicted molar refractivity (Wildman–Crippen MR) is 76.0 cm³/mol. The standard InChI is InChI=1S/C8H17NO.3C2H6/c1-2-9-5-3-8(7-10)4-6-9;3*1-2/h8,10H,2-7H2,1H3;3*1-2H3. The highest BCUT2D eigenvalue weighted by molar-refractivity contribution is 4.70. The van der Waals surface area contributed by atoms with Crippen LogP contribution in [0.25, 0.3) is 0 Å². The van der Waals surface area contributed by atoms with E-state index in [1.165, 1.54) is 25.9 Å². The van der Waals surface area contributed by atoms with Gasteiger partial charge in [-0.2, -0.15) is 0 Å². The molecule has 1 aliphatic heterocycles. The van der Waals surface area contributed by atoms with Crippen LogP contribution in [-0.2, 0) is 0 Å². The Bertz CT molecular complexity index is 76.7. The van der Waals surface area contributed by atoms with Crippen LogP contribution < -0.4 is 0 Å². The molecule has 0 aromatic carbocycles. The zero-order chi connectivity index (χ0) is 13.4. The molecule has 16 heavy (non-hydrogen) atoms. The maximum atomic E-state index is 8.83. The molecule has 0 amide bonds. The summed E-state index contributed by atoms with van der Waals surface area (Å²) in [5, 5.41) is 8.83. The summed E-state index contributed by atoms with van der Waals surface area (Å²) in [4.78, 5) is 2.44. The number of likely N-dealkylation sites (tertiary alicyclic amines) is 1. The van der Waals surface area contributed by atoms with Gasteiger partial charge in [0, 0.05) is 6.61 Å². The molecule has 2 heteroatoms. The number of aliphatic hydroxyl groups is 1. The lowest BCUT2D eigenvalue weighted by Gasteiger charge is -2.29. The van der Waals surface area contributed by atoms with Gasteiger partial charge in [0.2, 0.25) is 0 Å². The Labute approximate surface area is 104 Å². The fourth-order valence-corrected chi connectivity index (χ4v) is 1.49. The molecule has 0 radical (unpaired) electrons. The van der Waals surface area contributed by atoms with Gasteiger partial charge in [0.1, 0.15) is 0 Å². The Hall–Kier alpha value is -0.0800. The number of aliphatic hydroxyl groups excluding tert-OH is 1. The minimum Gasteiger partial charge on any atom is -0.396 e. The van der Waals surface area contributed by atoms with E-state index in [1.54, 1.807) is 0 Å². The van der Waals surface area contributed by atoms with Crippen LogP contribution in [0.1, 0.15) is 61.3 Å². The van der Waals surface area contributed by atoms with Crippen molar-refractivity contribution in [2.75, 3.05) is 26.2 Å². The summed E-state index contributed by atoms with van der Waals surface area (Å²) in [6, 6.07) is 0. The average Bonchev–Trinajstić information content (AvgIpc) is 2.45. The third kappa shape index (κ3) is 12.0. The molecule has 1 fully saturated rings. The molecule has 2 nitrogen and oxygen atoms in total. The van der Waals surface area contributed by atoms with Crippen molar-refractivity contribution in [1.82, 2.24) is 4.90 Å². The second-order valence-corrected chi connectivity index (χ2v) is 3.06. The van der Waals surface area contributed by atoms with E-state index in [4.69, 9.17) is 5.11 Å². The molecule has 0 aromatic rings. The Morgan fingerprint density at radius 1 is 0.938 bits per heavy atom. The minimum absolute atomic E-state index is 0.386. The maximum Gasteiger partial charge on any atom is 0.0460 e. The fourth-order valence-electron chi connectivity index (χ4n) is 1.49. The van der Waals surface area contributed by atoms with Crippen molar-refractivity contribution in [3.05, 3.63) is 0 Å². The van der Waals surface area contributed by atoms with Gasteiger partial charge in [-0.25, -0.2) is 0 Å². The largest absolute Gasteiger partial charge is 0.396 e. The first kappa shape index (κ1) is 21.2. The summed E-state index contributed by atoms with van der Waals surface area (Å²) < 4.78 is 0. The summed E-state index contributed by atoms with van der Waals surface area (Å²) in [6.45, 7) is 18.1. The van der Waals surface area contributed by atoms with Crippen LogP contribution in [0.5, 0.6) is 0 Å². The molecule has 0 bridgehead atoms. The van der Waals surface area contributed by atoms with Gasteiger partial charge < -0.3 is 10.0 Å². The molecular formula is C14H35NO. The van der Waals surface area contributed by atoms with Gasteiger partial charge in [-0.15, -0.1) is 0 Å². The van der Waals surface area contributed by atoms with Gasteiger partial charge in [0.05, 0.1) is 0 Å². The maximum absolute atomic E-state index is 8.83. The van der Waals surface area contributed by atoms with Crippen LogP contribution in [0.4, 0.5) is 0 Å². The smallest absolute Gasteiger partial charge is 0.0460 e. The van der Waals surface area contributed by atoms with E-state index in [1.807, 2.05) is 41.5 Å². The van der Waals surface area contributed by atoms with Gasteiger partial charge in [0.25, 0.3) is 0 Å². The molecule has 1 rings (SSSR count). The van der Waals surface area contributed by atoms with E-state index >= 15 is 0 Å². The molecule has 0 aliphatic carbocycles. The molecule has 1 N–H and O–H groups in total. The van der Waals surface area contributed by atoms with E-state index < -0.39 is 0 Å². The van der Waals surface area contributed by atoms with Gasteiger partial charge in [0.15, 0.2) is 0 Å². The van der Waals surface area contributed by atoms with Gasteiger partial charge in [-0.1, -0.05) is 48.5 Å². The summed E-state index contributed by atoms with van der Waals surface area (Å²) >= 11 is 0. The van der Waals surface area contributed by atoms with E-state index in [-0.39, 0.29) is 0 Å². The Morgan fingerprint density at radius 2 is 1.31 bits per heavy atom. The van der Waals surface area contributed by atoms with Crippen LogP contribution in [0.15, 0.2) is 0 Å². The van der Waals surface area contributed by atoms with Crippen LogP contribution in [0.2, 0.25) is 0 Å². The van der Waals surface area contributed by atoms with Crippen LogP contribution in [0.3, 0.4) is 0 Å². The van der Waals surface area contributed by atoms with E-state index in [0.29, 0.717) is 12.5 Å². The Balaban J connectivity index is -0.000000245. The molecule has 0 spiro atoms. The van der Waals surface area contributed by atoms with Gasteiger partial charge in [-0.05, 0) is 38.4 Å². The van der Waals surface area contributed by atoms with Crippen LogP contribution in [-0.4, -0.2) is 36.2 Å². The molecule has 0 unspecified atom stereocenters. The van der Waals surface area contributed by atoms with Crippen molar-refractivity contribution in [2.24, 2.45) is 5.92 Å². The highest BCUT2D eigenvalue weighted by atomic mass is 16.3. The normalized spacial score (nSPS) is 15.8. The Kier molecular flexibility index (Phi) is 27.0. The Morgan fingerprint density at radius 3 is 1.56 bits per heavy atom. The average molecular weight is 233 g/mol. The van der Waals surface area contributed by atoms with Gasteiger partial charge >= 0.3 is 0 Å². The lowest BCUT2D eigenvalue weighted by atomic mass is 9.98. The molecule has 0 aromatic heterocycles. The van der Waals surface area contributed by atoms with E-state index in [2.05, 4.69) is 11.8 Å². The minimum atomic E-state index is 0.386. The summed E-state index contributed by atoms with van der Waals surface area (Å²) in [5.74, 6) is 0.586. The van der Waals surface area contributed by atoms with Crippen molar-refractivity contribution in [2.45, 2.75) is 61.3 Å². The van der Waals surface area contributed by atoms with E-state index in [9.17, 15) is 0 Å². The highest BCUT2D eigenvalue weighted by Gasteiger charge is 2.16. The zero-order valence-electron chi connectivity index (χ0n) is 12.7. The SMILES string of the molecule is CC.CC.CC.CCN1CCC(CO)CC1. The van der Waals surface area contributed by atoms with Crippen molar-refractivity contribution >= 4 is 0 Å². The van der Waals surface area contributed by atoms with Gasteiger partial charge in [-0.3, -0.25) is 0 Å². The van der Waals surface area contributed by atoms with Crippen LogP contribution >= 0.6 is 0 Å². The topological polar surface area (TPSA) is 23.5 Å². The summed E-state index contributed by atoms with van der Waals surface area (Å²) in [7, 11) is 0. The molecule has 0 atom stereocenters. The number of piperidine rings is 1. The monoisotopic (exact) mass is 233 g/mol. The first-order valence-electron chi connectivity index (χ1n) is 7.20. The van der Waals surface area contributed by atoms with Crippen molar-refractivity contribution in [3.63, 3.8) is 0 Å². The number of rotatable bonds is 2. The molecule has 1 saturated heterocycles. The fraction of sp³-hybridized carbons (Fsp3) is 1.00. The van der Waals surface area contributed by atoms with Crippen molar-refractivity contribution in [1.29, 1.82) is 0 Å². The second-order valence-electron chi connectivity index (χ2n) is 3.06. The third-order valence-electron chi connectivity index (χ3n) is 2.41.